The monoisotopic (exact) mass is 468 g/mol. The van der Waals surface area contributed by atoms with E-state index in [1.807, 2.05) is 0 Å². The SMILES string of the molecule is OCCC(O)C[O][Ti]([O]CC(O)CCO)([O]CC(O)CCO)[O]CC(O)CCO. The Morgan fingerprint density at radius 1 is 0.448 bits per heavy atom. The average molecular weight is 468 g/mol. The van der Waals surface area contributed by atoms with Crippen LogP contribution in [0.5, 0.6) is 0 Å². The molecule has 0 amide bonds. The van der Waals surface area contributed by atoms with Gasteiger partial charge in [0.15, 0.2) is 0 Å². The maximum absolute atomic E-state index is 9.83. The zero-order chi connectivity index (χ0) is 22.1. The summed E-state index contributed by atoms with van der Waals surface area (Å²) in [5.41, 5.74) is 0. The fourth-order valence-electron chi connectivity index (χ4n) is 1.97. The first-order valence-corrected chi connectivity index (χ1v) is 12.1. The zero-order valence-electron chi connectivity index (χ0n) is 16.5. The van der Waals surface area contributed by atoms with Gasteiger partial charge in [-0.25, -0.2) is 0 Å². The molecule has 4 atom stereocenters. The number of rotatable bonds is 20. The van der Waals surface area contributed by atoms with Gasteiger partial charge in [0.2, 0.25) is 0 Å². The third-order valence-corrected chi connectivity index (χ3v) is 6.91. The molecular weight excluding hydrogens is 432 g/mol. The Kier molecular flexibility index (Phi) is 18.0. The third kappa shape index (κ3) is 14.8. The first kappa shape index (κ1) is 29.2. The number of aliphatic hydroxyl groups is 8. The van der Waals surface area contributed by atoms with E-state index in [1.165, 1.54) is 0 Å². The Balaban J connectivity index is 5.25. The van der Waals surface area contributed by atoms with Crippen molar-refractivity contribution >= 4 is 0 Å². The van der Waals surface area contributed by atoms with Gasteiger partial charge in [0, 0.05) is 0 Å². The zero-order valence-corrected chi connectivity index (χ0v) is 18.1. The molecule has 0 fully saturated rings. The van der Waals surface area contributed by atoms with Crippen LogP contribution in [-0.4, -0.2) is 118 Å². The molecule has 0 aromatic carbocycles. The average Bonchev–Trinajstić information content (AvgIpc) is 2.68. The summed E-state index contributed by atoms with van der Waals surface area (Å²) in [6, 6.07) is 0. The second kappa shape index (κ2) is 17.9. The molecule has 13 heteroatoms. The third-order valence-electron chi connectivity index (χ3n) is 3.66. The molecular formula is C16H36O12Ti. The summed E-state index contributed by atoms with van der Waals surface area (Å²) in [6.07, 6.45) is -4.17. The van der Waals surface area contributed by atoms with E-state index in [4.69, 9.17) is 33.7 Å². The summed E-state index contributed by atoms with van der Waals surface area (Å²) in [6.45, 7) is -2.46. The van der Waals surface area contributed by atoms with E-state index < -0.39 is 42.6 Å². The summed E-state index contributed by atoms with van der Waals surface area (Å²) in [5.74, 6) is 0. The Morgan fingerprint density at radius 3 is 0.828 bits per heavy atom. The first-order chi connectivity index (χ1) is 13.8. The molecule has 0 aromatic rings. The summed E-state index contributed by atoms with van der Waals surface area (Å²) in [4.78, 5) is 0. The van der Waals surface area contributed by atoms with E-state index in [9.17, 15) is 20.4 Å². The minimum atomic E-state index is -4.75. The van der Waals surface area contributed by atoms with Crippen LogP contribution in [0.4, 0.5) is 0 Å². The molecule has 176 valence electrons. The van der Waals surface area contributed by atoms with Gasteiger partial charge in [-0.3, -0.25) is 0 Å². The summed E-state index contributed by atoms with van der Waals surface area (Å²) < 4.78 is 22.3. The van der Waals surface area contributed by atoms with Crippen LogP contribution in [0, 0.1) is 0 Å². The number of hydrogen-bond donors (Lipinski definition) is 8. The fourth-order valence-corrected chi connectivity index (χ4v) is 5.23. The fraction of sp³-hybridized carbons (Fsp3) is 1.00. The molecule has 0 aromatic heterocycles. The van der Waals surface area contributed by atoms with E-state index in [0.717, 1.165) is 0 Å². The van der Waals surface area contributed by atoms with E-state index in [0.29, 0.717) is 0 Å². The van der Waals surface area contributed by atoms with Gasteiger partial charge in [-0.15, -0.1) is 0 Å². The standard InChI is InChI=1S/4C4H9O3.Ti/c4*5-2-1-4(7)3-6;/h4*4-5,7H,1-3H2;/q4*-1;+4. The minimum absolute atomic E-state index is 0.0196. The van der Waals surface area contributed by atoms with Gasteiger partial charge in [-0.05, 0) is 0 Å². The van der Waals surface area contributed by atoms with E-state index in [1.54, 1.807) is 0 Å². The first-order valence-electron chi connectivity index (χ1n) is 9.53. The van der Waals surface area contributed by atoms with Gasteiger partial charge in [0.25, 0.3) is 0 Å². The molecule has 0 heterocycles. The molecule has 0 spiro atoms. The molecule has 0 radical (unpaired) electrons. The molecule has 0 rings (SSSR count). The molecule has 12 nitrogen and oxygen atoms in total. The van der Waals surface area contributed by atoms with E-state index >= 15 is 0 Å². The van der Waals surface area contributed by atoms with Crippen LogP contribution >= 0.6 is 0 Å². The molecule has 0 aliphatic rings. The molecule has 0 bridgehead atoms. The van der Waals surface area contributed by atoms with Crippen molar-refractivity contribution < 1.29 is 72.3 Å². The predicted octanol–water partition coefficient (Wildman–Crippen LogP) is -3.16. The Morgan fingerprint density at radius 2 is 0.655 bits per heavy atom. The Labute approximate surface area is 175 Å². The van der Waals surface area contributed by atoms with Crippen LogP contribution < -0.4 is 0 Å². The van der Waals surface area contributed by atoms with Gasteiger partial charge in [0.1, 0.15) is 0 Å². The predicted molar refractivity (Wildman–Crippen MR) is 94.6 cm³/mol. The maximum atomic E-state index is 9.83. The van der Waals surface area contributed by atoms with Crippen LogP contribution in [0.1, 0.15) is 25.7 Å². The topological polar surface area (TPSA) is 199 Å². The molecule has 0 aliphatic heterocycles. The number of aliphatic hydroxyl groups excluding tert-OH is 8. The molecule has 4 unspecified atom stereocenters. The van der Waals surface area contributed by atoms with Crippen molar-refractivity contribution in [3.8, 4) is 0 Å². The van der Waals surface area contributed by atoms with Crippen LogP contribution in [0.25, 0.3) is 0 Å². The molecule has 8 N–H and O–H groups in total. The van der Waals surface area contributed by atoms with Crippen LogP contribution in [0.15, 0.2) is 0 Å². The van der Waals surface area contributed by atoms with Crippen molar-refractivity contribution in [1.29, 1.82) is 0 Å². The number of hydrogen-bond acceptors (Lipinski definition) is 12. The van der Waals surface area contributed by atoms with E-state index in [-0.39, 0.29) is 78.5 Å². The Bertz CT molecular complexity index is 308. The van der Waals surface area contributed by atoms with Crippen LogP contribution in [0.2, 0.25) is 0 Å². The van der Waals surface area contributed by atoms with Gasteiger partial charge < -0.3 is 0 Å². The van der Waals surface area contributed by atoms with E-state index in [2.05, 4.69) is 0 Å². The molecule has 29 heavy (non-hydrogen) atoms. The van der Waals surface area contributed by atoms with Crippen molar-refractivity contribution in [2.45, 2.75) is 50.1 Å². The van der Waals surface area contributed by atoms with Crippen molar-refractivity contribution in [3.05, 3.63) is 0 Å². The molecule has 0 saturated carbocycles. The van der Waals surface area contributed by atoms with Crippen LogP contribution in [0.3, 0.4) is 0 Å². The second-order valence-corrected chi connectivity index (χ2v) is 9.77. The normalized spacial score (nSPS) is 18.2. The van der Waals surface area contributed by atoms with Crippen molar-refractivity contribution in [3.63, 3.8) is 0 Å². The summed E-state index contributed by atoms with van der Waals surface area (Å²) in [7, 11) is 0. The quantitative estimate of drug-likeness (QED) is 0.0836. The Hall–Kier alpha value is 0.234. The van der Waals surface area contributed by atoms with Gasteiger partial charge in [-0.2, -0.15) is 0 Å². The van der Waals surface area contributed by atoms with Gasteiger partial charge in [-0.1, -0.05) is 0 Å². The van der Waals surface area contributed by atoms with Crippen molar-refractivity contribution in [2.24, 2.45) is 0 Å². The van der Waals surface area contributed by atoms with Crippen molar-refractivity contribution in [2.75, 3.05) is 52.9 Å². The molecule has 0 aliphatic carbocycles. The summed E-state index contributed by atoms with van der Waals surface area (Å²) >= 11 is -4.75. The molecule has 0 saturated heterocycles. The van der Waals surface area contributed by atoms with Gasteiger partial charge in [0.05, 0.1) is 0 Å². The van der Waals surface area contributed by atoms with Crippen LogP contribution in [-0.2, 0) is 31.4 Å². The summed E-state index contributed by atoms with van der Waals surface area (Å²) in [5, 5.41) is 74.9. The second-order valence-electron chi connectivity index (χ2n) is 6.41. The van der Waals surface area contributed by atoms with Crippen molar-refractivity contribution in [1.82, 2.24) is 0 Å². The van der Waals surface area contributed by atoms with Gasteiger partial charge >= 0.3 is 175 Å².